The third-order valence-corrected chi connectivity index (χ3v) is 4.41. The van der Waals surface area contributed by atoms with Gasteiger partial charge in [0.1, 0.15) is 23.8 Å². The van der Waals surface area contributed by atoms with Crippen LogP contribution in [0.2, 0.25) is 0 Å². The third-order valence-electron chi connectivity index (χ3n) is 4.41. The zero-order valence-electron chi connectivity index (χ0n) is 16.0. The molecule has 1 N–H and O–H groups in total. The number of allylic oxidation sites excluding steroid dienone is 1. The summed E-state index contributed by atoms with van der Waals surface area (Å²) in [5.41, 5.74) is 2.16. The normalized spacial score (nSPS) is 12.3. The van der Waals surface area contributed by atoms with E-state index < -0.39 is 11.7 Å². The molecule has 0 aliphatic heterocycles. The van der Waals surface area contributed by atoms with E-state index in [2.05, 4.69) is 4.98 Å². The molecule has 1 heterocycles. The summed E-state index contributed by atoms with van der Waals surface area (Å²) in [6.07, 6.45) is -2.68. The van der Waals surface area contributed by atoms with Crippen molar-refractivity contribution in [1.29, 1.82) is 0 Å². The minimum atomic E-state index is -4.39. The molecule has 4 nitrogen and oxygen atoms in total. The molecule has 0 spiro atoms. The number of alkyl halides is 3. The number of hydrogen-bond acceptors (Lipinski definition) is 4. The van der Waals surface area contributed by atoms with Gasteiger partial charge in [-0.3, -0.25) is 0 Å². The smallest absolute Gasteiger partial charge is 0.416 e. The number of rotatable bonds is 6. The second-order valence-corrected chi connectivity index (χ2v) is 6.48. The van der Waals surface area contributed by atoms with Crippen molar-refractivity contribution >= 4 is 5.57 Å². The lowest BCUT2D eigenvalue weighted by atomic mass is 10.1. The Morgan fingerprint density at radius 1 is 1.17 bits per heavy atom. The monoisotopic (exact) mass is 403 g/mol. The number of hydrogen-bond donors (Lipinski definition) is 1. The van der Waals surface area contributed by atoms with Crippen LogP contribution in [-0.4, -0.2) is 16.7 Å². The molecule has 0 aliphatic carbocycles. The van der Waals surface area contributed by atoms with Gasteiger partial charge in [0.2, 0.25) is 5.89 Å². The van der Waals surface area contributed by atoms with Gasteiger partial charge in [-0.15, -0.1) is 0 Å². The molecule has 152 valence electrons. The number of oxazole rings is 1. The van der Waals surface area contributed by atoms with Crippen molar-refractivity contribution in [2.24, 2.45) is 0 Å². The van der Waals surface area contributed by atoms with Crippen LogP contribution in [0.25, 0.3) is 17.0 Å². The van der Waals surface area contributed by atoms with Crippen molar-refractivity contribution < 1.29 is 27.4 Å². The number of benzene rings is 2. The topological polar surface area (TPSA) is 55.5 Å². The van der Waals surface area contributed by atoms with Crippen LogP contribution < -0.4 is 4.74 Å². The number of aliphatic hydroxyl groups is 1. The highest BCUT2D eigenvalue weighted by Gasteiger charge is 2.30. The van der Waals surface area contributed by atoms with Gasteiger partial charge in [-0.25, -0.2) is 4.98 Å². The number of aliphatic hydroxyl groups excluding tert-OH is 1. The van der Waals surface area contributed by atoms with Crippen LogP contribution >= 0.6 is 0 Å². The van der Waals surface area contributed by atoms with Crippen LogP contribution in [-0.2, 0) is 12.8 Å². The Labute approximate surface area is 166 Å². The van der Waals surface area contributed by atoms with Gasteiger partial charge in [0.05, 0.1) is 12.2 Å². The second-order valence-electron chi connectivity index (χ2n) is 6.48. The highest BCUT2D eigenvalue weighted by Crippen LogP contribution is 2.31. The van der Waals surface area contributed by atoms with Gasteiger partial charge in [-0.2, -0.15) is 13.2 Å². The minimum Gasteiger partial charge on any atom is -0.487 e. The molecule has 0 aliphatic rings. The van der Waals surface area contributed by atoms with Gasteiger partial charge >= 0.3 is 6.18 Å². The largest absolute Gasteiger partial charge is 0.487 e. The lowest BCUT2D eigenvalue weighted by Gasteiger charge is -2.07. The van der Waals surface area contributed by atoms with E-state index in [0.29, 0.717) is 22.8 Å². The van der Waals surface area contributed by atoms with Crippen LogP contribution in [0.1, 0.15) is 29.5 Å². The quantitative estimate of drug-likeness (QED) is 0.578. The van der Waals surface area contributed by atoms with E-state index in [9.17, 15) is 13.2 Å². The Morgan fingerprint density at radius 2 is 1.90 bits per heavy atom. The molecule has 0 amide bonds. The lowest BCUT2D eigenvalue weighted by molar-refractivity contribution is -0.137. The Bertz CT molecular complexity index is 1000. The van der Waals surface area contributed by atoms with Crippen LogP contribution in [0, 0.1) is 6.92 Å². The summed E-state index contributed by atoms with van der Waals surface area (Å²) < 4.78 is 49.5. The molecule has 1 aromatic heterocycles. The summed E-state index contributed by atoms with van der Waals surface area (Å²) >= 11 is 0. The summed E-state index contributed by atoms with van der Waals surface area (Å²) in [7, 11) is 0. The van der Waals surface area contributed by atoms with Gasteiger partial charge in [-0.05, 0) is 61.4 Å². The number of aromatic nitrogens is 1. The first-order valence-corrected chi connectivity index (χ1v) is 8.92. The Hall–Kier alpha value is -3.06. The van der Waals surface area contributed by atoms with Crippen molar-refractivity contribution in [2.75, 3.05) is 6.61 Å². The van der Waals surface area contributed by atoms with Crippen molar-refractivity contribution in [3.63, 3.8) is 0 Å². The molecule has 0 fully saturated rings. The van der Waals surface area contributed by atoms with Gasteiger partial charge in [0.25, 0.3) is 0 Å². The zero-order valence-corrected chi connectivity index (χ0v) is 16.0. The van der Waals surface area contributed by atoms with Crippen molar-refractivity contribution in [1.82, 2.24) is 4.98 Å². The summed E-state index contributed by atoms with van der Waals surface area (Å²) in [4.78, 5) is 4.36. The van der Waals surface area contributed by atoms with Crippen molar-refractivity contribution in [3.05, 3.63) is 77.2 Å². The maximum atomic E-state index is 12.7. The average Bonchev–Trinajstić information content (AvgIpc) is 3.07. The predicted octanol–water partition coefficient (Wildman–Crippen LogP) is 5.64. The maximum Gasteiger partial charge on any atom is 0.416 e. The van der Waals surface area contributed by atoms with Crippen molar-refractivity contribution in [2.45, 2.75) is 26.6 Å². The molecule has 3 rings (SSSR count). The number of aryl methyl sites for hydroxylation is 1. The summed E-state index contributed by atoms with van der Waals surface area (Å²) in [6, 6.07) is 12.1. The van der Waals surface area contributed by atoms with E-state index in [1.807, 2.05) is 31.2 Å². The van der Waals surface area contributed by atoms with Gasteiger partial charge < -0.3 is 14.3 Å². The standard InChI is InChI=1S/C22H20F3NO3/c1-14(10-11-27)17-4-3-5-19(12-17)28-13-20-15(2)29-21(26-20)16-6-8-18(9-7-16)22(23,24)25/h3-10,12,27H,11,13H2,1-2H3/b14-10+. The Kier molecular flexibility index (Phi) is 6.08. The van der Waals surface area contributed by atoms with E-state index in [0.717, 1.165) is 23.3 Å². The molecule has 0 radical (unpaired) electrons. The number of halogens is 3. The number of nitrogens with zero attached hydrogens (tertiary/aromatic N) is 1. The fourth-order valence-electron chi connectivity index (χ4n) is 2.72. The predicted molar refractivity (Wildman–Crippen MR) is 103 cm³/mol. The second kappa shape index (κ2) is 8.53. The van der Waals surface area contributed by atoms with E-state index in [-0.39, 0.29) is 19.1 Å². The van der Waals surface area contributed by atoms with Gasteiger partial charge in [0.15, 0.2) is 0 Å². The first kappa shape index (κ1) is 20.7. The van der Waals surface area contributed by atoms with Crippen molar-refractivity contribution in [3.8, 4) is 17.2 Å². The summed E-state index contributed by atoms with van der Waals surface area (Å²) in [5.74, 6) is 1.41. The molecule has 0 saturated heterocycles. The van der Waals surface area contributed by atoms with Crippen LogP contribution in [0.3, 0.4) is 0 Å². The fourth-order valence-corrected chi connectivity index (χ4v) is 2.72. The number of ether oxygens (including phenoxy) is 1. The summed E-state index contributed by atoms with van der Waals surface area (Å²) in [6.45, 7) is 3.74. The molecule has 2 aromatic carbocycles. The average molecular weight is 403 g/mol. The van der Waals surface area contributed by atoms with E-state index in [1.54, 1.807) is 13.0 Å². The van der Waals surface area contributed by atoms with E-state index in [4.69, 9.17) is 14.3 Å². The highest BCUT2D eigenvalue weighted by atomic mass is 19.4. The molecule has 0 bridgehead atoms. The van der Waals surface area contributed by atoms with E-state index >= 15 is 0 Å². The molecule has 7 heteroatoms. The van der Waals surface area contributed by atoms with Gasteiger partial charge in [0, 0.05) is 5.56 Å². The molecule has 3 aromatic rings. The first-order valence-electron chi connectivity index (χ1n) is 8.92. The lowest BCUT2D eigenvalue weighted by Crippen LogP contribution is -2.04. The highest BCUT2D eigenvalue weighted by molar-refractivity contribution is 5.64. The first-order chi connectivity index (χ1) is 13.8. The molecule has 0 atom stereocenters. The molecular weight excluding hydrogens is 383 g/mol. The third kappa shape index (κ3) is 5.06. The molecule has 0 saturated carbocycles. The SMILES string of the molecule is C/C(=C\CO)c1cccc(OCc2nc(-c3ccc(C(F)(F)F)cc3)oc2C)c1. The summed E-state index contributed by atoms with van der Waals surface area (Å²) in [5, 5.41) is 9.02. The van der Waals surface area contributed by atoms with E-state index in [1.165, 1.54) is 12.1 Å². The molecular formula is C22H20F3NO3. The van der Waals surface area contributed by atoms with Crippen LogP contribution in [0.5, 0.6) is 5.75 Å². The Balaban J connectivity index is 1.73. The van der Waals surface area contributed by atoms with Gasteiger partial charge in [-0.1, -0.05) is 18.2 Å². The zero-order chi connectivity index (χ0) is 21.0. The van der Waals surface area contributed by atoms with Crippen LogP contribution in [0.4, 0.5) is 13.2 Å². The van der Waals surface area contributed by atoms with Crippen LogP contribution in [0.15, 0.2) is 59.0 Å². The molecule has 29 heavy (non-hydrogen) atoms. The molecule has 0 unspecified atom stereocenters. The fraction of sp³-hybridized carbons (Fsp3) is 0.227. The minimum absolute atomic E-state index is 0.0399. The Morgan fingerprint density at radius 3 is 2.55 bits per heavy atom. The maximum absolute atomic E-state index is 12.7.